The second-order valence-corrected chi connectivity index (χ2v) is 4.60. The molecule has 94 valence electrons. The van der Waals surface area contributed by atoms with Crippen molar-refractivity contribution in [1.29, 1.82) is 0 Å². The molecule has 2 aliphatic rings. The summed E-state index contributed by atoms with van der Waals surface area (Å²) >= 11 is 0. The lowest BCUT2D eigenvalue weighted by molar-refractivity contribution is -0.117. The van der Waals surface area contributed by atoms with Gasteiger partial charge in [0.2, 0.25) is 0 Å². The maximum atomic E-state index is 11.6. The number of carbonyl (C=O) groups is 1. The topological polar surface area (TPSA) is 84.4 Å². The van der Waals surface area contributed by atoms with E-state index in [1.54, 1.807) is 0 Å². The van der Waals surface area contributed by atoms with Gasteiger partial charge >= 0.3 is 0 Å². The number of hydrazine groups is 1. The summed E-state index contributed by atoms with van der Waals surface area (Å²) in [5.74, 6) is 4.86. The quantitative estimate of drug-likeness (QED) is 0.367. The van der Waals surface area contributed by atoms with E-state index in [1.165, 1.54) is 25.0 Å². The molecule has 0 atom stereocenters. The van der Waals surface area contributed by atoms with Crippen LogP contribution in [0.2, 0.25) is 0 Å². The maximum Gasteiger partial charge on any atom is 0.266 e. The highest BCUT2D eigenvalue weighted by molar-refractivity contribution is 5.96. The van der Waals surface area contributed by atoms with Crippen LogP contribution in [0, 0.1) is 0 Å². The van der Waals surface area contributed by atoms with Crippen LogP contribution in [0.4, 0.5) is 0 Å². The number of carbonyl (C=O) groups excluding carboxylic acids is 1. The Morgan fingerprint density at radius 1 is 1.24 bits per heavy atom. The third-order valence-corrected chi connectivity index (χ3v) is 3.45. The molecule has 17 heavy (non-hydrogen) atoms. The number of hydrogen-bond donors (Lipinski definition) is 3. The van der Waals surface area contributed by atoms with E-state index in [0.717, 1.165) is 25.9 Å². The van der Waals surface area contributed by atoms with E-state index in [0.29, 0.717) is 11.3 Å². The Morgan fingerprint density at radius 2 is 1.94 bits per heavy atom. The van der Waals surface area contributed by atoms with Crippen molar-refractivity contribution in [3.8, 4) is 0 Å². The molecule has 1 amide bonds. The molecule has 1 aliphatic carbocycles. The fraction of sp³-hybridized carbons (Fsp3) is 0.583. The SMILES string of the molecule is NNC(=O)C1=C(N)CCC(N2CCCCC2)=C1. The van der Waals surface area contributed by atoms with Crippen molar-refractivity contribution >= 4 is 5.91 Å². The van der Waals surface area contributed by atoms with Crippen LogP contribution in [0.25, 0.3) is 0 Å². The molecule has 0 aromatic rings. The van der Waals surface area contributed by atoms with Gasteiger partial charge in [-0.05, 0) is 38.2 Å². The van der Waals surface area contributed by atoms with E-state index in [2.05, 4.69) is 10.3 Å². The predicted octanol–water partition coefficient (Wildman–Crippen LogP) is 0.353. The number of nitrogens with two attached hydrogens (primary N) is 2. The first-order chi connectivity index (χ1) is 8.22. The molecule has 0 aromatic carbocycles. The Balaban J connectivity index is 2.16. The van der Waals surface area contributed by atoms with Crippen molar-refractivity contribution in [2.75, 3.05) is 13.1 Å². The third kappa shape index (κ3) is 2.61. The Morgan fingerprint density at radius 3 is 2.59 bits per heavy atom. The number of piperidine rings is 1. The molecule has 0 bridgehead atoms. The van der Waals surface area contributed by atoms with Gasteiger partial charge in [-0.15, -0.1) is 0 Å². The highest BCUT2D eigenvalue weighted by Gasteiger charge is 2.21. The van der Waals surface area contributed by atoms with Gasteiger partial charge in [0.15, 0.2) is 0 Å². The van der Waals surface area contributed by atoms with Gasteiger partial charge in [0.05, 0.1) is 5.57 Å². The molecular formula is C12H20N4O. The molecule has 5 heteroatoms. The number of nitrogens with zero attached hydrogens (tertiary/aromatic N) is 1. The minimum atomic E-state index is -0.295. The fourth-order valence-electron chi connectivity index (χ4n) is 2.45. The van der Waals surface area contributed by atoms with Gasteiger partial charge in [0.25, 0.3) is 5.91 Å². The molecule has 1 heterocycles. The number of nitrogens with one attached hydrogen (secondary N) is 1. The summed E-state index contributed by atoms with van der Waals surface area (Å²) in [6.45, 7) is 2.17. The molecule has 0 saturated carbocycles. The first-order valence-corrected chi connectivity index (χ1v) is 6.17. The van der Waals surface area contributed by atoms with Crippen molar-refractivity contribution in [1.82, 2.24) is 10.3 Å². The normalized spacial score (nSPS) is 21.2. The van der Waals surface area contributed by atoms with E-state index < -0.39 is 0 Å². The molecular weight excluding hydrogens is 216 g/mol. The van der Waals surface area contributed by atoms with Crippen LogP contribution in [0.15, 0.2) is 23.0 Å². The van der Waals surface area contributed by atoms with Gasteiger partial charge < -0.3 is 10.6 Å². The van der Waals surface area contributed by atoms with E-state index >= 15 is 0 Å². The second-order valence-electron chi connectivity index (χ2n) is 4.60. The van der Waals surface area contributed by atoms with E-state index in [4.69, 9.17) is 11.6 Å². The summed E-state index contributed by atoms with van der Waals surface area (Å²) < 4.78 is 0. The van der Waals surface area contributed by atoms with Gasteiger partial charge in [0, 0.05) is 24.5 Å². The number of rotatable bonds is 2. The van der Waals surface area contributed by atoms with Gasteiger partial charge in [-0.25, -0.2) is 5.84 Å². The van der Waals surface area contributed by atoms with Crippen molar-refractivity contribution in [3.63, 3.8) is 0 Å². The summed E-state index contributed by atoms with van der Waals surface area (Å²) in [5.41, 5.74) is 10.4. The monoisotopic (exact) mass is 236 g/mol. The summed E-state index contributed by atoms with van der Waals surface area (Å²) in [7, 11) is 0. The number of likely N-dealkylation sites (tertiary alicyclic amines) is 1. The van der Waals surface area contributed by atoms with Crippen molar-refractivity contribution in [3.05, 3.63) is 23.0 Å². The highest BCUT2D eigenvalue weighted by Crippen LogP contribution is 2.26. The summed E-state index contributed by atoms with van der Waals surface area (Å²) in [6.07, 6.45) is 7.33. The van der Waals surface area contributed by atoms with Gasteiger partial charge in [-0.1, -0.05) is 0 Å². The largest absolute Gasteiger partial charge is 0.401 e. The molecule has 0 radical (unpaired) electrons. The lowest BCUT2D eigenvalue weighted by Gasteiger charge is -2.33. The molecule has 1 fully saturated rings. The average Bonchev–Trinajstić information content (AvgIpc) is 2.39. The number of hydrogen-bond acceptors (Lipinski definition) is 4. The molecule has 1 saturated heterocycles. The molecule has 0 spiro atoms. The van der Waals surface area contributed by atoms with Gasteiger partial charge in [-0.3, -0.25) is 10.2 Å². The van der Waals surface area contributed by atoms with Crippen LogP contribution in [0.3, 0.4) is 0 Å². The lowest BCUT2D eigenvalue weighted by Crippen LogP contribution is -2.35. The van der Waals surface area contributed by atoms with Crippen LogP contribution < -0.4 is 17.0 Å². The number of allylic oxidation sites excluding steroid dienone is 2. The summed E-state index contributed by atoms with van der Waals surface area (Å²) in [4.78, 5) is 13.9. The van der Waals surface area contributed by atoms with Crippen molar-refractivity contribution in [2.45, 2.75) is 32.1 Å². The van der Waals surface area contributed by atoms with Crippen LogP contribution in [0.5, 0.6) is 0 Å². The molecule has 0 unspecified atom stereocenters. The Kier molecular flexibility index (Phi) is 3.68. The predicted molar refractivity (Wildman–Crippen MR) is 66.3 cm³/mol. The highest BCUT2D eigenvalue weighted by atomic mass is 16.2. The van der Waals surface area contributed by atoms with Gasteiger partial charge in [0.1, 0.15) is 0 Å². The second kappa shape index (κ2) is 5.23. The minimum absolute atomic E-state index is 0.295. The zero-order valence-electron chi connectivity index (χ0n) is 10.0. The van der Waals surface area contributed by atoms with E-state index in [9.17, 15) is 4.79 Å². The van der Waals surface area contributed by atoms with Crippen molar-refractivity contribution in [2.24, 2.45) is 11.6 Å². The smallest absolute Gasteiger partial charge is 0.266 e. The summed E-state index contributed by atoms with van der Waals surface area (Å²) in [5, 5.41) is 0. The molecule has 5 nitrogen and oxygen atoms in total. The molecule has 2 rings (SSSR count). The maximum absolute atomic E-state index is 11.6. The molecule has 1 aliphatic heterocycles. The third-order valence-electron chi connectivity index (χ3n) is 3.45. The zero-order valence-corrected chi connectivity index (χ0v) is 10.0. The Hall–Kier alpha value is -1.49. The van der Waals surface area contributed by atoms with E-state index in [1.807, 2.05) is 6.08 Å². The Labute approximate surface area is 101 Å². The van der Waals surface area contributed by atoms with Crippen LogP contribution >= 0.6 is 0 Å². The zero-order chi connectivity index (χ0) is 12.3. The molecule has 5 N–H and O–H groups in total. The molecule has 0 aromatic heterocycles. The minimum Gasteiger partial charge on any atom is -0.401 e. The lowest BCUT2D eigenvalue weighted by atomic mass is 9.98. The number of amides is 1. The standard InChI is InChI=1S/C12H20N4O/c13-11-5-4-9(8-10(11)12(17)15-14)16-6-2-1-3-7-16/h8H,1-7,13-14H2,(H,15,17). The Bertz CT molecular complexity index is 367. The van der Waals surface area contributed by atoms with E-state index in [-0.39, 0.29) is 5.91 Å². The van der Waals surface area contributed by atoms with Crippen molar-refractivity contribution < 1.29 is 4.79 Å². The van der Waals surface area contributed by atoms with Gasteiger partial charge in [-0.2, -0.15) is 0 Å². The fourth-order valence-corrected chi connectivity index (χ4v) is 2.45. The summed E-state index contributed by atoms with van der Waals surface area (Å²) in [6, 6.07) is 0. The van der Waals surface area contributed by atoms with Crippen LogP contribution in [0.1, 0.15) is 32.1 Å². The van der Waals surface area contributed by atoms with Crippen LogP contribution in [-0.2, 0) is 4.79 Å². The van der Waals surface area contributed by atoms with Crippen LogP contribution in [-0.4, -0.2) is 23.9 Å². The first-order valence-electron chi connectivity index (χ1n) is 6.17. The first kappa shape index (κ1) is 12.0. The average molecular weight is 236 g/mol.